The maximum Gasteiger partial charge on any atom is 0.0645 e. The van der Waals surface area contributed by atoms with Gasteiger partial charge in [0.25, 0.3) is 0 Å². The van der Waals surface area contributed by atoms with E-state index in [0.29, 0.717) is 0 Å². The summed E-state index contributed by atoms with van der Waals surface area (Å²) in [6.07, 6.45) is 7.49. The van der Waals surface area contributed by atoms with Crippen LogP contribution in [0.3, 0.4) is 0 Å². The average molecular weight is 1380 g/mol. The first-order valence-electron chi connectivity index (χ1n) is 36.7. The largest absolute Gasteiger partial charge is 0.310 e. The van der Waals surface area contributed by atoms with Crippen molar-refractivity contribution in [3.8, 4) is 44.5 Å². The van der Waals surface area contributed by atoms with Crippen LogP contribution in [0.1, 0.15) is 0 Å². The van der Waals surface area contributed by atoms with Crippen LogP contribution in [0.15, 0.2) is 425 Å². The summed E-state index contributed by atoms with van der Waals surface area (Å²) in [6.45, 7) is 0. The van der Waals surface area contributed by atoms with Crippen molar-refractivity contribution in [2.45, 2.75) is 0 Å². The molecular weight excluding hydrogens is 1310 g/mol. The number of pyridine rings is 2. The van der Waals surface area contributed by atoms with Crippen LogP contribution in [0, 0.1) is 0 Å². The summed E-state index contributed by atoms with van der Waals surface area (Å²) >= 11 is 0. The first-order chi connectivity index (χ1) is 53.6. The minimum atomic E-state index is 1.02. The number of benzene rings is 18. The monoisotopic (exact) mass is 1380 g/mol. The second-order valence-electron chi connectivity index (χ2n) is 27.3. The fourth-order valence-corrected chi connectivity index (χ4v) is 15.9. The van der Waals surface area contributed by atoms with Gasteiger partial charge in [-0.1, -0.05) is 279 Å². The Balaban J connectivity index is 0.000000162. The molecule has 0 saturated carbocycles. The van der Waals surface area contributed by atoms with Gasteiger partial charge in [-0.25, -0.2) is 0 Å². The number of aromatic nitrogens is 2. The van der Waals surface area contributed by atoms with Crippen molar-refractivity contribution in [2.75, 3.05) is 19.6 Å². The lowest BCUT2D eigenvalue weighted by atomic mass is 9.91. The molecule has 508 valence electrons. The number of hydrogen-bond acceptors (Lipinski definition) is 6. The van der Waals surface area contributed by atoms with Crippen molar-refractivity contribution in [3.63, 3.8) is 0 Å². The minimum Gasteiger partial charge on any atom is -0.310 e. The zero-order chi connectivity index (χ0) is 71.7. The highest BCUT2D eigenvalue weighted by Crippen LogP contribution is 2.51. The zero-order valence-electron chi connectivity index (χ0n) is 59.1. The van der Waals surface area contributed by atoms with Crippen LogP contribution in [0.4, 0.5) is 68.2 Å². The molecular formula is C102H70N6. The molecule has 0 atom stereocenters. The summed E-state index contributed by atoms with van der Waals surface area (Å²) in [6, 6.07) is 144. The van der Waals surface area contributed by atoms with E-state index in [9.17, 15) is 0 Å². The van der Waals surface area contributed by atoms with Crippen LogP contribution in [0.5, 0.6) is 0 Å². The van der Waals surface area contributed by atoms with Gasteiger partial charge in [-0.15, -0.1) is 0 Å². The van der Waals surface area contributed by atoms with Crippen LogP contribution in [0.2, 0.25) is 0 Å². The predicted molar refractivity (Wildman–Crippen MR) is 456 cm³/mol. The third-order valence-electron chi connectivity index (χ3n) is 21.0. The van der Waals surface area contributed by atoms with Gasteiger partial charge in [0.1, 0.15) is 0 Å². The highest BCUT2D eigenvalue weighted by Gasteiger charge is 2.25. The van der Waals surface area contributed by atoms with Crippen molar-refractivity contribution < 1.29 is 0 Å². The van der Waals surface area contributed by atoms with Crippen LogP contribution < -0.4 is 19.6 Å². The Bertz CT molecular complexity index is 5830. The van der Waals surface area contributed by atoms with Gasteiger partial charge in [-0.2, -0.15) is 0 Å². The first kappa shape index (κ1) is 64.4. The average Bonchev–Trinajstić information content (AvgIpc) is 0.725. The molecule has 0 unspecified atom stereocenters. The molecule has 0 amide bonds. The minimum absolute atomic E-state index is 1.02. The summed E-state index contributed by atoms with van der Waals surface area (Å²) in [5, 5.41) is 14.7. The molecule has 0 N–H and O–H groups in total. The van der Waals surface area contributed by atoms with Crippen molar-refractivity contribution in [1.29, 1.82) is 0 Å². The summed E-state index contributed by atoms with van der Waals surface area (Å²) in [7, 11) is 0. The molecule has 2 heterocycles. The molecule has 20 aromatic rings. The Morgan fingerprint density at radius 2 is 0.343 bits per heavy atom. The van der Waals surface area contributed by atoms with E-state index in [4.69, 9.17) is 0 Å². The quantitative estimate of drug-likeness (QED) is 0.0898. The van der Waals surface area contributed by atoms with Crippen LogP contribution in [-0.2, 0) is 0 Å². The third kappa shape index (κ3) is 12.1. The Hall–Kier alpha value is -14.5. The fourth-order valence-electron chi connectivity index (χ4n) is 15.9. The molecule has 20 rings (SSSR count). The predicted octanol–water partition coefficient (Wildman–Crippen LogP) is 28.5. The molecule has 2 aromatic heterocycles. The standard InChI is InChI=1S/C64H44N2.C38H26N4/c1-5-13-45(14-6-1)49-21-33-55(34-22-49)65(56-35-23-50(24-36-56)46-15-7-2-8-16-46)61-43-31-53-30-42-60-62(44-32-54-29-41-59(61)63(53)64(54)60)66(57-37-25-51(26-38-57)47-17-9-3-10-18-47)58-39-27-52(28-40-58)48-19-11-4-12-20-48;1-3-9-29(10-4-1)41(31-13-7-23-39-25-31)35-21-17-27-16-20-34-36(22-18-28-15-19-33(35)37(27)38(28)34)42(30-11-5-2-6-12-30)32-14-8-24-40-26-32/h1-44H;1-26H. The molecule has 0 aliphatic carbocycles. The van der Waals surface area contributed by atoms with E-state index in [2.05, 4.69) is 418 Å². The maximum atomic E-state index is 4.45. The summed E-state index contributed by atoms with van der Waals surface area (Å²) in [4.78, 5) is 18.3. The molecule has 0 aliphatic heterocycles. The topological polar surface area (TPSA) is 38.7 Å². The Labute approximate surface area is 628 Å². The van der Waals surface area contributed by atoms with E-state index in [1.807, 2.05) is 36.9 Å². The van der Waals surface area contributed by atoms with E-state index in [1.165, 1.54) is 109 Å². The van der Waals surface area contributed by atoms with Crippen LogP contribution >= 0.6 is 0 Å². The molecule has 6 heteroatoms. The second kappa shape index (κ2) is 28.3. The van der Waals surface area contributed by atoms with Crippen molar-refractivity contribution in [3.05, 3.63) is 425 Å². The molecule has 0 bridgehead atoms. The molecule has 0 aliphatic rings. The van der Waals surface area contributed by atoms with Gasteiger partial charge in [0, 0.05) is 68.1 Å². The lowest BCUT2D eigenvalue weighted by Gasteiger charge is -2.29. The smallest absolute Gasteiger partial charge is 0.0645 e. The number of rotatable bonds is 16. The van der Waals surface area contributed by atoms with Gasteiger partial charge in [0.2, 0.25) is 0 Å². The first-order valence-corrected chi connectivity index (χ1v) is 36.7. The molecule has 0 spiro atoms. The summed E-state index contributed by atoms with van der Waals surface area (Å²) < 4.78 is 0. The Kier molecular flexibility index (Phi) is 16.9. The molecule has 0 radical (unpaired) electrons. The SMILES string of the molecule is c1ccc(-c2ccc(N(c3ccc(-c4ccccc4)cc3)c3ccc4ccc5c(N(c6ccc(-c7ccccc7)cc6)c6ccc(-c7ccccc7)cc6)ccc6ccc3c4c65)cc2)cc1.c1ccc(N(c2cccnc2)c2ccc3ccc4c(N(c5ccccc5)c5cccnc5)ccc5ccc2c3c54)cc1. The van der Waals surface area contributed by atoms with Gasteiger partial charge >= 0.3 is 0 Å². The maximum absolute atomic E-state index is 4.45. The second-order valence-corrected chi connectivity index (χ2v) is 27.3. The number of hydrogen-bond donors (Lipinski definition) is 0. The van der Waals surface area contributed by atoms with Gasteiger partial charge in [0.05, 0.1) is 46.5 Å². The van der Waals surface area contributed by atoms with Gasteiger partial charge in [-0.05, 0) is 209 Å². The lowest BCUT2D eigenvalue weighted by molar-refractivity contribution is 1.24. The molecule has 0 saturated heterocycles. The fraction of sp³-hybridized carbons (Fsp3) is 0. The van der Waals surface area contributed by atoms with E-state index in [-0.39, 0.29) is 0 Å². The molecule has 18 aromatic carbocycles. The molecule has 0 fully saturated rings. The van der Waals surface area contributed by atoms with E-state index < -0.39 is 0 Å². The summed E-state index contributed by atoms with van der Waals surface area (Å²) in [5.74, 6) is 0. The van der Waals surface area contributed by atoms with E-state index >= 15 is 0 Å². The highest BCUT2D eigenvalue weighted by molar-refractivity contribution is 6.30. The Morgan fingerprint density at radius 3 is 0.574 bits per heavy atom. The van der Waals surface area contributed by atoms with Gasteiger partial charge < -0.3 is 19.6 Å². The van der Waals surface area contributed by atoms with Gasteiger partial charge in [0.15, 0.2) is 0 Å². The van der Waals surface area contributed by atoms with Crippen molar-refractivity contribution >= 4 is 133 Å². The third-order valence-corrected chi connectivity index (χ3v) is 21.0. The lowest BCUT2D eigenvalue weighted by Crippen LogP contribution is -2.11. The number of para-hydroxylation sites is 2. The van der Waals surface area contributed by atoms with Crippen LogP contribution in [0.25, 0.3) is 109 Å². The zero-order valence-corrected chi connectivity index (χ0v) is 59.1. The normalized spacial score (nSPS) is 11.3. The van der Waals surface area contributed by atoms with E-state index in [0.717, 1.165) is 68.2 Å². The molecule has 108 heavy (non-hydrogen) atoms. The number of nitrogens with zero attached hydrogens (tertiary/aromatic N) is 6. The van der Waals surface area contributed by atoms with Crippen molar-refractivity contribution in [2.24, 2.45) is 0 Å². The highest BCUT2D eigenvalue weighted by atomic mass is 15.2. The van der Waals surface area contributed by atoms with Gasteiger partial charge in [-0.3, -0.25) is 9.97 Å². The van der Waals surface area contributed by atoms with E-state index in [1.54, 1.807) is 0 Å². The molecule has 6 nitrogen and oxygen atoms in total. The Morgan fingerprint density at radius 1 is 0.148 bits per heavy atom. The van der Waals surface area contributed by atoms with Crippen molar-refractivity contribution in [1.82, 2.24) is 9.97 Å². The number of anilines is 12. The van der Waals surface area contributed by atoms with Crippen LogP contribution in [-0.4, -0.2) is 9.97 Å². The summed E-state index contributed by atoms with van der Waals surface area (Å²) in [5.41, 5.74) is 22.7.